The zero-order valence-corrected chi connectivity index (χ0v) is 44.1. The molecule has 0 amide bonds. The molecule has 0 aromatic heterocycles. The van der Waals surface area contributed by atoms with Gasteiger partial charge in [-0.15, -0.1) is 0 Å². The maximum Gasteiger partial charge on any atom is 0.305 e. The summed E-state index contributed by atoms with van der Waals surface area (Å²) in [5, 5.41) is 9.25. The van der Waals surface area contributed by atoms with Crippen LogP contribution in [-0.4, -0.2) is 60.9 Å². The minimum atomic E-state index is -0.0595. The van der Waals surface area contributed by atoms with Gasteiger partial charge in [0.1, 0.15) is 0 Å². The quantitative estimate of drug-likeness (QED) is 0.0505. The molecule has 0 aromatic carbocycles. The number of hydrogen-bond donors (Lipinski definition) is 1. The number of rotatable bonds is 35. The molecule has 0 radical (unpaired) electrons. The van der Waals surface area contributed by atoms with Crippen LogP contribution < -0.4 is 0 Å². The van der Waals surface area contributed by atoms with E-state index in [9.17, 15) is 14.7 Å². The van der Waals surface area contributed by atoms with Crippen molar-refractivity contribution in [3.8, 4) is 0 Å². The summed E-state index contributed by atoms with van der Waals surface area (Å²) in [6.45, 7) is 33.4. The van der Waals surface area contributed by atoms with Crippen LogP contribution in [0.1, 0.15) is 296 Å². The number of carbonyl (C=O) groups is 2. The van der Waals surface area contributed by atoms with Crippen molar-refractivity contribution in [2.45, 2.75) is 302 Å². The molecule has 0 rings (SSSR count). The highest BCUT2D eigenvalue weighted by Crippen LogP contribution is 2.21. The van der Waals surface area contributed by atoms with Gasteiger partial charge in [0.25, 0.3) is 0 Å². The molecule has 1 N–H and O–H groups in total. The van der Waals surface area contributed by atoms with E-state index < -0.39 is 0 Å². The smallest absolute Gasteiger partial charge is 0.305 e. The van der Waals surface area contributed by atoms with Crippen LogP contribution in [0.5, 0.6) is 0 Å². The van der Waals surface area contributed by atoms with Crippen LogP contribution in [0.2, 0.25) is 0 Å². The molecule has 6 heteroatoms. The molecule has 2 atom stereocenters. The molecule has 0 aliphatic heterocycles. The Hall–Kier alpha value is -1.14. The highest BCUT2D eigenvalue weighted by atomic mass is 16.5. The van der Waals surface area contributed by atoms with Crippen molar-refractivity contribution in [1.82, 2.24) is 4.90 Å². The van der Waals surface area contributed by atoms with E-state index in [0.717, 1.165) is 51.6 Å². The van der Waals surface area contributed by atoms with E-state index in [2.05, 4.69) is 94.9 Å². The lowest BCUT2D eigenvalue weighted by Gasteiger charge is -2.31. The second-order valence-corrected chi connectivity index (χ2v) is 16.9. The van der Waals surface area contributed by atoms with Crippen molar-refractivity contribution in [1.29, 1.82) is 0 Å². The number of ether oxygens (including phenoxy) is 2. The molecule has 60 heavy (non-hydrogen) atoms. The first-order valence-electron chi connectivity index (χ1n) is 26.7. The van der Waals surface area contributed by atoms with Gasteiger partial charge in [-0.2, -0.15) is 0 Å². The van der Waals surface area contributed by atoms with E-state index in [4.69, 9.17) is 9.47 Å². The summed E-state index contributed by atoms with van der Waals surface area (Å²) in [5.74, 6) is 0.489. The molecular weight excluding hydrogens is 743 g/mol. The monoisotopic (exact) mass is 860 g/mol. The molecule has 0 bridgehead atoms. The van der Waals surface area contributed by atoms with Crippen molar-refractivity contribution >= 4 is 11.9 Å². The van der Waals surface area contributed by atoms with Crippen molar-refractivity contribution in [3.63, 3.8) is 0 Å². The third kappa shape index (κ3) is 71.4. The highest BCUT2D eigenvalue weighted by molar-refractivity contribution is 5.69. The van der Waals surface area contributed by atoms with Gasteiger partial charge in [0, 0.05) is 25.5 Å². The predicted molar refractivity (Wildman–Crippen MR) is 270 cm³/mol. The van der Waals surface area contributed by atoms with Gasteiger partial charge in [0.05, 0.1) is 13.2 Å². The van der Waals surface area contributed by atoms with Crippen LogP contribution in [0.4, 0.5) is 0 Å². The van der Waals surface area contributed by atoms with Gasteiger partial charge in [0.2, 0.25) is 0 Å². The summed E-state index contributed by atoms with van der Waals surface area (Å²) >= 11 is 0. The molecule has 0 fully saturated rings. The highest BCUT2D eigenvalue weighted by Gasteiger charge is 2.16. The van der Waals surface area contributed by atoms with Crippen LogP contribution in [0.15, 0.2) is 0 Å². The average molecular weight is 861 g/mol. The zero-order chi connectivity index (χ0) is 46.8. The van der Waals surface area contributed by atoms with Gasteiger partial charge in [-0.25, -0.2) is 0 Å². The fourth-order valence-electron chi connectivity index (χ4n) is 6.43. The standard InChI is InChI=1S/C39H77NO5.5C3H8/c1-5-9-11-20-28-36(27-10-6-2)35-45-39(43)32-24-19-15-13-17-22-30-37(40(7-3)33-25-26-34-41)29-21-16-12-14-18-23-31-38(42)44-8-4;5*1-3-2/h36-37,41H,5-35H2,1-4H3;5*3H2,1-2H3. The number of unbranched alkanes of at least 4 members (excludes halogenated alkanes) is 15. The van der Waals surface area contributed by atoms with Crippen LogP contribution in [0.3, 0.4) is 0 Å². The van der Waals surface area contributed by atoms with E-state index >= 15 is 0 Å². The molecule has 0 spiro atoms. The molecule has 0 heterocycles. The number of aliphatic hydroxyl groups is 1. The summed E-state index contributed by atoms with van der Waals surface area (Å²) in [6.07, 6.45) is 36.0. The molecular formula is C54H117NO5. The minimum Gasteiger partial charge on any atom is -0.466 e. The van der Waals surface area contributed by atoms with Gasteiger partial charge in [0.15, 0.2) is 0 Å². The van der Waals surface area contributed by atoms with Crippen molar-refractivity contribution in [2.75, 3.05) is 32.9 Å². The first-order chi connectivity index (χ1) is 29.1. The lowest BCUT2D eigenvalue weighted by molar-refractivity contribution is -0.145. The van der Waals surface area contributed by atoms with Gasteiger partial charge in [-0.1, -0.05) is 225 Å². The topological polar surface area (TPSA) is 76.1 Å². The SMILES string of the molecule is CCC.CCC.CCC.CCC.CCC.CCCCCCC(CCCC)COC(=O)CCCCCCCCC(CCCCCCCCC(=O)OCC)N(CC)CCCCO. The molecule has 0 aliphatic carbocycles. The van der Waals surface area contributed by atoms with Gasteiger partial charge in [-0.3, -0.25) is 9.59 Å². The molecule has 0 aliphatic rings. The number of aliphatic hydroxyl groups excluding tert-OH is 1. The Kier molecular flexibility index (Phi) is 81.8. The molecule has 0 saturated carbocycles. The van der Waals surface area contributed by atoms with Crippen LogP contribution >= 0.6 is 0 Å². The average Bonchev–Trinajstić information content (AvgIpc) is 3.22. The molecule has 0 saturated heterocycles. The number of esters is 2. The van der Waals surface area contributed by atoms with Crippen LogP contribution in [0.25, 0.3) is 0 Å². The normalized spacial score (nSPS) is 11.1. The Bertz CT molecular complexity index is 707. The summed E-state index contributed by atoms with van der Waals surface area (Å²) in [6, 6.07) is 0.639. The Morgan fingerprint density at radius 2 is 0.800 bits per heavy atom. The van der Waals surface area contributed by atoms with Gasteiger partial charge < -0.3 is 19.5 Å². The summed E-state index contributed by atoms with van der Waals surface area (Å²) in [4.78, 5) is 26.5. The third-order valence-electron chi connectivity index (χ3n) is 9.33. The third-order valence-corrected chi connectivity index (χ3v) is 9.33. The van der Waals surface area contributed by atoms with Crippen LogP contribution in [-0.2, 0) is 19.1 Å². The van der Waals surface area contributed by atoms with E-state index in [0.29, 0.717) is 38.0 Å². The van der Waals surface area contributed by atoms with E-state index in [1.165, 1.54) is 148 Å². The first-order valence-corrected chi connectivity index (χ1v) is 26.7. The largest absolute Gasteiger partial charge is 0.466 e. The minimum absolute atomic E-state index is 0.00503. The maximum atomic E-state index is 12.4. The maximum absolute atomic E-state index is 12.4. The van der Waals surface area contributed by atoms with Gasteiger partial charge in [-0.05, 0) is 77.3 Å². The molecule has 0 aromatic rings. The lowest BCUT2D eigenvalue weighted by Crippen LogP contribution is -2.36. The van der Waals surface area contributed by atoms with Crippen molar-refractivity contribution in [3.05, 3.63) is 0 Å². The summed E-state index contributed by atoms with van der Waals surface area (Å²) < 4.78 is 10.7. The second kappa shape index (κ2) is 69.6. The van der Waals surface area contributed by atoms with Crippen LogP contribution in [0, 0.1) is 5.92 Å². The fraction of sp³-hybridized carbons (Fsp3) is 0.963. The first kappa shape index (κ1) is 70.5. The number of hydrogen-bond acceptors (Lipinski definition) is 6. The summed E-state index contributed by atoms with van der Waals surface area (Å²) in [7, 11) is 0. The van der Waals surface area contributed by atoms with Gasteiger partial charge >= 0.3 is 11.9 Å². The zero-order valence-electron chi connectivity index (χ0n) is 44.1. The van der Waals surface area contributed by atoms with E-state index in [1.54, 1.807) is 0 Å². The van der Waals surface area contributed by atoms with E-state index in [-0.39, 0.29) is 18.5 Å². The summed E-state index contributed by atoms with van der Waals surface area (Å²) in [5.41, 5.74) is 0. The Morgan fingerprint density at radius 3 is 1.20 bits per heavy atom. The van der Waals surface area contributed by atoms with E-state index in [1.807, 2.05) is 6.92 Å². The Morgan fingerprint density at radius 1 is 0.433 bits per heavy atom. The number of nitrogens with zero attached hydrogens (tertiary/aromatic N) is 1. The predicted octanol–water partition coefficient (Wildman–Crippen LogP) is 17.7. The molecule has 2 unspecified atom stereocenters. The number of carbonyl (C=O) groups excluding carboxylic acids is 2. The molecule has 368 valence electrons. The Balaban J connectivity index is -0.000000420. The Labute approximate surface area is 380 Å². The second-order valence-electron chi connectivity index (χ2n) is 16.9. The van der Waals surface area contributed by atoms with Crippen molar-refractivity contribution < 1.29 is 24.2 Å². The lowest BCUT2D eigenvalue weighted by atomic mass is 9.96. The molecule has 6 nitrogen and oxygen atoms in total. The van der Waals surface area contributed by atoms with Crippen molar-refractivity contribution in [2.24, 2.45) is 5.92 Å². The fourth-order valence-corrected chi connectivity index (χ4v) is 6.43.